The standard InChI is InChI=1S/C2H6N.5C2H3O2.2C2H4.Fe/c1-2-3;5*1-2(3)4;2*1-2;/h2H,3H2,1H3;5*1H2,(H,3,4);2*1H,2H3;/q6*-1;;;. The smallest absolute Gasteiger partial charge is 0.161 e. The number of carbonyl (C=O) groups is 5. The molecule has 0 saturated carbocycles. The molecular weight excluding hydrogens is 422 g/mol. The van der Waals surface area contributed by atoms with Crippen molar-refractivity contribution >= 4 is 39.7 Å². The fraction of sp³-hybridized carbons (Fsp3) is 0.188. The zero-order chi connectivity index (χ0) is 24.7. The van der Waals surface area contributed by atoms with Crippen LogP contribution < -0.4 is 5.73 Å². The summed E-state index contributed by atoms with van der Waals surface area (Å²) in [5.41, 5.74) is 4.72. The van der Waals surface area contributed by atoms with Crippen LogP contribution in [0.2, 0.25) is 0 Å². The van der Waals surface area contributed by atoms with Gasteiger partial charge in [-0.25, -0.2) is 0 Å². The molecule has 0 atom stereocenters. The molecule has 0 fully saturated rings. The molecule has 0 heterocycles. The minimum atomic E-state index is -1.08. The molecule has 0 spiro atoms. The number of carboxylic acids is 5. The fourth-order valence-electron chi connectivity index (χ4n) is 0.118. The Balaban J connectivity index is -0.0000000369. The Morgan fingerprint density at radius 3 is 0.750 bits per heavy atom. The minimum Gasteiger partial charge on any atom is -0.503 e. The van der Waals surface area contributed by atoms with Crippen molar-refractivity contribution in [1.82, 2.24) is 0 Å². The maximum Gasteiger partial charge on any atom is 0.161 e. The Bertz CT molecular complexity index is 349. The first kappa shape index (κ1) is 44.4. The van der Waals surface area contributed by atoms with E-state index in [4.69, 9.17) is 55.2 Å². The summed E-state index contributed by atoms with van der Waals surface area (Å²) in [6.07, 6.45) is 0. The second-order valence-electron chi connectivity index (χ2n) is 2.83. The quantitative estimate of drug-likeness (QED) is 0.219. The third-order valence-corrected chi connectivity index (χ3v) is 0.972. The molecule has 28 heavy (non-hydrogen) atoms. The molecule has 0 aromatic rings. The molecule has 0 aliphatic rings. The van der Waals surface area contributed by atoms with Gasteiger partial charge < -0.3 is 31.3 Å². The van der Waals surface area contributed by atoms with Gasteiger partial charge in [0.15, 0.2) is 29.8 Å². The van der Waals surface area contributed by atoms with Gasteiger partial charge in [-0.05, 0) is 0 Å². The summed E-state index contributed by atoms with van der Waals surface area (Å²) in [5.74, 6) is -5.42. The summed E-state index contributed by atoms with van der Waals surface area (Å²) in [4.78, 5) is 48.7. The van der Waals surface area contributed by atoms with E-state index in [1.54, 1.807) is 6.92 Å². The van der Waals surface area contributed by atoms with Crippen molar-refractivity contribution in [1.29, 1.82) is 0 Å². The van der Waals surface area contributed by atoms with Crippen molar-refractivity contribution in [3.05, 3.63) is 41.2 Å². The van der Waals surface area contributed by atoms with Crippen LogP contribution in [0.3, 0.4) is 0 Å². The van der Waals surface area contributed by atoms with Gasteiger partial charge in [0, 0.05) is 0 Å². The third-order valence-electron chi connectivity index (χ3n) is 0.236. The van der Waals surface area contributed by atoms with Crippen molar-refractivity contribution in [3.8, 4) is 0 Å². The average Bonchev–Trinajstić information content (AvgIpc) is 2.36. The number of nitrogens with two attached hydrogens (primary N) is 1. The Morgan fingerprint density at radius 1 is 0.679 bits per heavy atom. The van der Waals surface area contributed by atoms with E-state index < -0.39 is 29.8 Å². The first-order valence-corrected chi connectivity index (χ1v) is 7.66. The minimum absolute atomic E-state index is 1.08. The average molecular weight is 451 g/mol. The van der Waals surface area contributed by atoms with Crippen LogP contribution in [0, 0.1) is 41.2 Å². The maximum absolute atomic E-state index is 8.89. The van der Waals surface area contributed by atoms with Crippen LogP contribution in [0.15, 0.2) is 0 Å². The van der Waals surface area contributed by atoms with Crippen LogP contribution in [0.1, 0.15) is 20.8 Å². The number of hydrogen-bond acceptors (Lipinski definition) is 6. The molecule has 0 aromatic heterocycles. The summed E-state index contributed by atoms with van der Waals surface area (Å²) < 4.78 is 0. The Labute approximate surface area is 171 Å². The Morgan fingerprint density at radius 2 is 0.750 bits per heavy atom. The molecule has 0 aliphatic carbocycles. The summed E-state index contributed by atoms with van der Waals surface area (Å²) in [6.45, 7) is 20.2. The van der Waals surface area contributed by atoms with Gasteiger partial charge in [-0.2, -0.15) is 6.92 Å². The van der Waals surface area contributed by atoms with E-state index in [0.717, 1.165) is 14.1 Å². The Hall–Kier alpha value is -3.08. The molecule has 0 amide bonds. The van der Waals surface area contributed by atoms with Crippen molar-refractivity contribution in [2.75, 3.05) is 0 Å². The molecule has 0 radical (unpaired) electrons. The predicted molar refractivity (Wildman–Crippen MR) is 103 cm³/mol. The summed E-state index contributed by atoms with van der Waals surface area (Å²) >= 11 is 1.14. The Kier molecular flexibility index (Phi) is 78.6. The van der Waals surface area contributed by atoms with E-state index in [0.29, 0.717) is 0 Å². The van der Waals surface area contributed by atoms with Gasteiger partial charge in [0.2, 0.25) is 0 Å². The molecule has 0 aromatic carbocycles. The van der Waals surface area contributed by atoms with Gasteiger partial charge in [-0.1, -0.05) is 0 Å². The molecular formula is C16H29FeNO10-6. The van der Waals surface area contributed by atoms with Crippen molar-refractivity contribution in [2.24, 2.45) is 5.73 Å². The van der Waals surface area contributed by atoms with Crippen LogP contribution in [0.4, 0.5) is 0 Å². The van der Waals surface area contributed by atoms with E-state index in [9.17, 15) is 0 Å². The first-order valence-electron chi connectivity index (χ1n) is 6.38. The van der Waals surface area contributed by atoms with Gasteiger partial charge in [0.25, 0.3) is 0 Å². The number of carboxylic acid groups (broad SMARTS) is 5. The SMILES string of the molecule is C[CH-]N.C[CH]=[Fe]=[CH]C.[CH2-]C(=O)O.[CH2-]C(=O)O.[CH2-]C(=O)O.[CH2-]C(=O)O.[CH2-]C(=O)O. The molecule has 0 unspecified atom stereocenters. The van der Waals surface area contributed by atoms with Crippen LogP contribution in [-0.4, -0.2) is 65.2 Å². The molecule has 11 nitrogen and oxygen atoms in total. The van der Waals surface area contributed by atoms with Gasteiger partial charge >= 0.3 is 37.8 Å². The van der Waals surface area contributed by atoms with E-state index in [-0.39, 0.29) is 0 Å². The number of rotatable bonds is 0. The van der Waals surface area contributed by atoms with E-state index in [1.807, 2.05) is 0 Å². The normalized spacial score (nSPS) is 6.14. The van der Waals surface area contributed by atoms with Crippen LogP contribution in [0.25, 0.3) is 0 Å². The fourth-order valence-corrected chi connectivity index (χ4v) is 0.486. The van der Waals surface area contributed by atoms with E-state index in [1.165, 1.54) is 6.54 Å². The van der Waals surface area contributed by atoms with Crippen LogP contribution >= 0.6 is 0 Å². The van der Waals surface area contributed by atoms with Crippen LogP contribution in [0.5, 0.6) is 0 Å². The van der Waals surface area contributed by atoms with Crippen molar-refractivity contribution < 1.29 is 63.6 Å². The molecule has 7 N–H and O–H groups in total. The van der Waals surface area contributed by atoms with Gasteiger partial charge in [0.05, 0.1) is 0 Å². The molecule has 0 aliphatic heterocycles. The summed E-state index contributed by atoms with van der Waals surface area (Å²) in [5, 5.41) is 36.5. The van der Waals surface area contributed by atoms with Gasteiger partial charge in [-0.3, -0.25) is 65.1 Å². The number of aliphatic carboxylic acids is 5. The molecule has 12 heteroatoms. The molecule has 0 saturated heterocycles. The summed E-state index contributed by atoms with van der Waals surface area (Å²) in [6, 6.07) is 0. The second-order valence-corrected chi connectivity index (χ2v) is 4.47. The molecule has 0 bridgehead atoms. The predicted octanol–water partition coefficient (Wildman–Crippen LogP) is 0.365. The van der Waals surface area contributed by atoms with Crippen LogP contribution in [-0.2, 0) is 38.1 Å². The van der Waals surface area contributed by atoms with Gasteiger partial charge in [0.1, 0.15) is 0 Å². The molecule has 172 valence electrons. The topological polar surface area (TPSA) is 213 Å². The second kappa shape index (κ2) is 49.6. The zero-order valence-corrected chi connectivity index (χ0v) is 17.1. The summed E-state index contributed by atoms with van der Waals surface area (Å²) in [7, 11) is 0. The van der Waals surface area contributed by atoms with E-state index in [2.05, 4.69) is 58.3 Å². The third kappa shape index (κ3) is 9430. The van der Waals surface area contributed by atoms with Crippen molar-refractivity contribution in [3.63, 3.8) is 0 Å². The molecule has 0 rings (SSSR count). The number of hydrogen-bond donors (Lipinski definition) is 6. The maximum atomic E-state index is 8.89. The monoisotopic (exact) mass is 451 g/mol. The largest absolute Gasteiger partial charge is 0.503 e. The van der Waals surface area contributed by atoms with E-state index >= 15 is 0 Å². The van der Waals surface area contributed by atoms with Crippen molar-refractivity contribution in [2.45, 2.75) is 20.8 Å². The zero-order valence-electron chi connectivity index (χ0n) is 16.0. The van der Waals surface area contributed by atoms with Gasteiger partial charge in [-0.15, -0.1) is 0 Å². The first-order chi connectivity index (χ1) is 12.5.